The van der Waals surface area contributed by atoms with Gasteiger partial charge in [-0.15, -0.1) is 0 Å². The molecule has 0 saturated carbocycles. The molecular weight excluding hydrogens is 492 g/mol. The van der Waals surface area contributed by atoms with E-state index in [0.29, 0.717) is 0 Å². The fourth-order valence-electron chi connectivity index (χ4n) is 7.01. The average Bonchev–Trinajstić information content (AvgIpc) is 3.63. The van der Waals surface area contributed by atoms with Gasteiger partial charge in [0.1, 0.15) is 0 Å². The summed E-state index contributed by atoms with van der Waals surface area (Å²) in [5, 5.41) is 0. The van der Waals surface area contributed by atoms with Crippen LogP contribution in [0.1, 0.15) is 45.9 Å². The smallest absolute Gasteiger partial charge is 0.0146 e. The molecule has 5 aromatic rings. The Hall–Kier alpha value is -4.42. The SMILES string of the molecule is Cc1cccc(-c2cccc3c2C=C(C(C)(Cc2ccccc2)C2=Cc4c(cccc4-c4cccc(C)c4)C2)C3)c1. The highest BCUT2D eigenvalue weighted by atomic mass is 14.4. The zero-order valence-electron chi connectivity index (χ0n) is 24.2. The first-order chi connectivity index (χ1) is 20.0. The van der Waals surface area contributed by atoms with Crippen LogP contribution in [0.25, 0.3) is 34.4 Å². The second kappa shape index (κ2) is 10.2. The molecule has 0 unspecified atom stereocenters. The Bertz CT molecular complexity index is 1720. The first-order valence-electron chi connectivity index (χ1n) is 14.8. The molecule has 0 radical (unpaired) electrons. The normalized spacial score (nSPS) is 13.9. The average molecular weight is 529 g/mol. The summed E-state index contributed by atoms with van der Waals surface area (Å²) in [6.07, 6.45) is 8.04. The molecule has 0 aromatic heterocycles. The van der Waals surface area contributed by atoms with E-state index in [1.54, 1.807) is 0 Å². The van der Waals surface area contributed by atoms with E-state index in [-0.39, 0.29) is 5.41 Å². The van der Waals surface area contributed by atoms with E-state index in [4.69, 9.17) is 0 Å². The highest BCUT2D eigenvalue weighted by Gasteiger charge is 2.38. The van der Waals surface area contributed by atoms with Crippen molar-refractivity contribution in [2.24, 2.45) is 5.41 Å². The largest absolute Gasteiger partial charge is 0.0622 e. The van der Waals surface area contributed by atoms with Crippen molar-refractivity contribution in [3.8, 4) is 22.3 Å². The lowest BCUT2D eigenvalue weighted by Crippen LogP contribution is -2.25. The van der Waals surface area contributed by atoms with Gasteiger partial charge in [0.25, 0.3) is 0 Å². The molecule has 41 heavy (non-hydrogen) atoms. The first-order valence-corrected chi connectivity index (χ1v) is 14.8. The van der Waals surface area contributed by atoms with Gasteiger partial charge in [-0.3, -0.25) is 0 Å². The second-order valence-electron chi connectivity index (χ2n) is 12.2. The summed E-state index contributed by atoms with van der Waals surface area (Å²) in [6, 6.07) is 42.6. The van der Waals surface area contributed by atoms with Crippen molar-refractivity contribution in [3.05, 3.63) is 165 Å². The molecule has 0 spiro atoms. The number of fused-ring (bicyclic) bond motifs is 2. The van der Waals surface area contributed by atoms with Crippen LogP contribution in [0.2, 0.25) is 0 Å². The molecule has 0 fully saturated rings. The van der Waals surface area contributed by atoms with Gasteiger partial charge in [0, 0.05) is 5.41 Å². The van der Waals surface area contributed by atoms with Crippen molar-refractivity contribution in [2.75, 3.05) is 0 Å². The number of allylic oxidation sites excluding steroid dienone is 2. The maximum atomic E-state index is 2.53. The standard InChI is InChI=1S/C41H36/c1-28-11-7-15-31(21-28)37-19-9-17-33-23-35(25-39(33)37)41(3,27-30-13-5-4-6-14-30)36-24-34-18-10-20-38(40(34)26-36)32-16-8-12-29(2)22-32/h4-22,25-26H,23-24,27H2,1-3H3. The molecule has 0 saturated heterocycles. The molecule has 0 nitrogen and oxygen atoms in total. The van der Waals surface area contributed by atoms with E-state index in [1.807, 2.05) is 0 Å². The molecule has 0 atom stereocenters. The van der Waals surface area contributed by atoms with Crippen LogP contribution in [0.3, 0.4) is 0 Å². The third-order valence-electron chi connectivity index (χ3n) is 9.27. The van der Waals surface area contributed by atoms with Crippen LogP contribution in [0.5, 0.6) is 0 Å². The summed E-state index contributed by atoms with van der Waals surface area (Å²) in [5.74, 6) is 0. The Morgan fingerprint density at radius 1 is 0.537 bits per heavy atom. The number of rotatable bonds is 6. The number of aryl methyl sites for hydroxylation is 2. The molecule has 2 aliphatic carbocycles. The lowest BCUT2D eigenvalue weighted by Gasteiger charge is -2.34. The van der Waals surface area contributed by atoms with Gasteiger partial charge in [0.2, 0.25) is 0 Å². The predicted octanol–water partition coefficient (Wildman–Crippen LogP) is 10.5. The summed E-state index contributed by atoms with van der Waals surface area (Å²) in [4.78, 5) is 0. The number of benzene rings is 5. The Labute approximate surface area is 244 Å². The molecule has 2 aliphatic rings. The van der Waals surface area contributed by atoms with Gasteiger partial charge >= 0.3 is 0 Å². The van der Waals surface area contributed by atoms with Crippen LogP contribution >= 0.6 is 0 Å². The van der Waals surface area contributed by atoms with E-state index < -0.39 is 0 Å². The summed E-state index contributed by atoms with van der Waals surface area (Å²) in [6.45, 7) is 6.86. The Kier molecular flexibility index (Phi) is 6.36. The predicted molar refractivity (Wildman–Crippen MR) is 175 cm³/mol. The van der Waals surface area contributed by atoms with E-state index in [1.165, 1.54) is 72.3 Å². The number of hydrogen-bond acceptors (Lipinski definition) is 0. The molecule has 0 N–H and O–H groups in total. The molecule has 0 amide bonds. The van der Waals surface area contributed by atoms with Gasteiger partial charge in [-0.25, -0.2) is 0 Å². The fraction of sp³-hybridized carbons (Fsp3) is 0.171. The van der Waals surface area contributed by atoms with Crippen molar-refractivity contribution in [2.45, 2.75) is 40.0 Å². The van der Waals surface area contributed by atoms with Gasteiger partial charge in [0.15, 0.2) is 0 Å². The molecule has 0 bridgehead atoms. The lowest BCUT2D eigenvalue weighted by molar-refractivity contribution is 0.466. The molecular formula is C41H36. The molecule has 7 rings (SSSR count). The lowest BCUT2D eigenvalue weighted by atomic mass is 9.70. The molecule has 0 aliphatic heterocycles. The van der Waals surface area contributed by atoms with Gasteiger partial charge in [-0.1, -0.05) is 157 Å². The van der Waals surface area contributed by atoms with Crippen LogP contribution in [0, 0.1) is 19.3 Å². The molecule has 5 aromatic carbocycles. The van der Waals surface area contributed by atoms with E-state index in [9.17, 15) is 0 Å². The molecule has 0 heteroatoms. The highest BCUT2D eigenvalue weighted by Crippen LogP contribution is 2.50. The molecule has 200 valence electrons. The van der Waals surface area contributed by atoms with E-state index in [0.717, 1.165) is 19.3 Å². The van der Waals surface area contributed by atoms with Crippen molar-refractivity contribution in [1.29, 1.82) is 0 Å². The summed E-state index contributed by atoms with van der Waals surface area (Å²) in [5.41, 5.74) is 17.9. The Balaban J connectivity index is 1.35. The van der Waals surface area contributed by atoms with Gasteiger partial charge in [-0.05, 0) is 83.2 Å². The Morgan fingerprint density at radius 2 is 1.02 bits per heavy atom. The minimum Gasteiger partial charge on any atom is -0.0622 e. The first kappa shape index (κ1) is 25.5. The minimum absolute atomic E-state index is 0.0901. The van der Waals surface area contributed by atoms with Gasteiger partial charge in [0.05, 0.1) is 0 Å². The number of hydrogen-bond donors (Lipinski definition) is 0. The quantitative estimate of drug-likeness (QED) is 0.206. The maximum absolute atomic E-state index is 2.53. The van der Waals surface area contributed by atoms with Gasteiger partial charge < -0.3 is 0 Å². The molecule has 0 heterocycles. The van der Waals surface area contributed by atoms with Gasteiger partial charge in [-0.2, -0.15) is 0 Å². The monoisotopic (exact) mass is 528 g/mol. The Morgan fingerprint density at radius 3 is 1.51 bits per heavy atom. The van der Waals surface area contributed by atoms with Crippen LogP contribution in [0.15, 0.2) is 126 Å². The fourth-order valence-corrected chi connectivity index (χ4v) is 7.01. The van der Waals surface area contributed by atoms with Crippen LogP contribution < -0.4 is 0 Å². The van der Waals surface area contributed by atoms with E-state index >= 15 is 0 Å². The summed E-state index contributed by atoms with van der Waals surface area (Å²) in [7, 11) is 0. The van der Waals surface area contributed by atoms with Crippen molar-refractivity contribution >= 4 is 12.2 Å². The third-order valence-corrected chi connectivity index (χ3v) is 9.27. The van der Waals surface area contributed by atoms with Crippen LogP contribution in [-0.2, 0) is 19.3 Å². The zero-order valence-corrected chi connectivity index (χ0v) is 24.2. The van der Waals surface area contributed by atoms with Crippen LogP contribution in [0.4, 0.5) is 0 Å². The second-order valence-corrected chi connectivity index (χ2v) is 12.2. The van der Waals surface area contributed by atoms with E-state index in [2.05, 4.69) is 148 Å². The van der Waals surface area contributed by atoms with Crippen LogP contribution in [-0.4, -0.2) is 0 Å². The third kappa shape index (κ3) is 4.68. The van der Waals surface area contributed by atoms with Crippen molar-refractivity contribution < 1.29 is 0 Å². The van der Waals surface area contributed by atoms with Crippen molar-refractivity contribution in [3.63, 3.8) is 0 Å². The highest BCUT2D eigenvalue weighted by molar-refractivity contribution is 5.84. The minimum atomic E-state index is -0.0901. The van der Waals surface area contributed by atoms with Crippen molar-refractivity contribution in [1.82, 2.24) is 0 Å². The topological polar surface area (TPSA) is 0 Å². The maximum Gasteiger partial charge on any atom is 0.0146 e. The summed E-state index contributed by atoms with van der Waals surface area (Å²) < 4.78 is 0. The summed E-state index contributed by atoms with van der Waals surface area (Å²) >= 11 is 0. The zero-order chi connectivity index (χ0) is 28.0.